The molecule has 1 saturated heterocycles. The van der Waals surface area contributed by atoms with E-state index in [1.54, 1.807) is 0 Å². The summed E-state index contributed by atoms with van der Waals surface area (Å²) in [7, 11) is 2.22. The number of rotatable bonds is 5. The first kappa shape index (κ1) is 14.7. The van der Waals surface area contributed by atoms with Crippen LogP contribution in [0.1, 0.15) is 19.8 Å². The largest absolute Gasteiger partial charge is 0.485 e. The Morgan fingerprint density at radius 2 is 2.19 bits per heavy atom. The Labute approximate surface area is 128 Å². The van der Waals surface area contributed by atoms with Crippen LogP contribution in [0.3, 0.4) is 0 Å². The topological polar surface area (TPSA) is 27.7 Å². The molecule has 0 bridgehead atoms. The van der Waals surface area contributed by atoms with Crippen molar-refractivity contribution in [1.82, 2.24) is 9.80 Å². The van der Waals surface area contributed by atoms with Gasteiger partial charge in [-0.15, -0.1) is 0 Å². The minimum Gasteiger partial charge on any atom is -0.485 e. The normalized spacial score (nSPS) is 25.5. The molecule has 0 radical (unpaired) electrons. The van der Waals surface area contributed by atoms with E-state index in [1.165, 1.54) is 25.9 Å². The predicted molar refractivity (Wildman–Crippen MR) is 87.1 cm³/mol. The molecule has 0 spiro atoms. The molecule has 2 unspecified atom stereocenters. The van der Waals surface area contributed by atoms with Crippen molar-refractivity contribution < 1.29 is 4.74 Å². The van der Waals surface area contributed by atoms with Gasteiger partial charge in [0.2, 0.25) is 0 Å². The minimum absolute atomic E-state index is 0.237. The van der Waals surface area contributed by atoms with Crippen molar-refractivity contribution in [3.63, 3.8) is 0 Å². The molecule has 1 fully saturated rings. The molecule has 21 heavy (non-hydrogen) atoms. The van der Waals surface area contributed by atoms with Gasteiger partial charge >= 0.3 is 0 Å². The van der Waals surface area contributed by atoms with Gasteiger partial charge in [-0.05, 0) is 45.1 Å². The van der Waals surface area contributed by atoms with Gasteiger partial charge in [0.15, 0.2) is 0 Å². The van der Waals surface area contributed by atoms with E-state index in [-0.39, 0.29) is 6.10 Å². The molecule has 1 N–H and O–H groups in total. The summed E-state index contributed by atoms with van der Waals surface area (Å²) in [5, 5.41) is 3.47. The zero-order valence-electron chi connectivity index (χ0n) is 13.2. The molecule has 2 aliphatic rings. The molecule has 0 amide bonds. The molecule has 116 valence electrons. The third kappa shape index (κ3) is 3.50. The molecule has 3 rings (SSSR count). The van der Waals surface area contributed by atoms with Gasteiger partial charge in [0.25, 0.3) is 0 Å². The van der Waals surface area contributed by atoms with Gasteiger partial charge in [0, 0.05) is 19.1 Å². The van der Waals surface area contributed by atoms with Gasteiger partial charge in [-0.1, -0.05) is 19.1 Å². The van der Waals surface area contributed by atoms with E-state index in [2.05, 4.69) is 35.2 Å². The molecule has 4 nitrogen and oxygen atoms in total. The van der Waals surface area contributed by atoms with E-state index in [1.807, 2.05) is 18.2 Å². The number of fused-ring (bicyclic) bond motifs is 1. The maximum absolute atomic E-state index is 6.10. The Morgan fingerprint density at radius 3 is 3.05 bits per heavy atom. The van der Waals surface area contributed by atoms with Gasteiger partial charge < -0.3 is 15.0 Å². The number of likely N-dealkylation sites (tertiary alicyclic amines) is 1. The smallest absolute Gasteiger partial charge is 0.142 e. The summed E-state index contributed by atoms with van der Waals surface area (Å²) in [6.45, 7) is 7.73. The predicted octanol–water partition coefficient (Wildman–Crippen LogP) is 2.28. The fraction of sp³-hybridized carbons (Fsp3) is 0.647. The van der Waals surface area contributed by atoms with Crippen LogP contribution in [0.2, 0.25) is 0 Å². The van der Waals surface area contributed by atoms with Crippen LogP contribution >= 0.6 is 0 Å². The van der Waals surface area contributed by atoms with Crippen LogP contribution in [-0.2, 0) is 0 Å². The van der Waals surface area contributed by atoms with Crippen LogP contribution in [0.15, 0.2) is 24.3 Å². The maximum Gasteiger partial charge on any atom is 0.142 e. The third-order valence-corrected chi connectivity index (χ3v) is 4.64. The van der Waals surface area contributed by atoms with Crippen molar-refractivity contribution in [2.24, 2.45) is 0 Å². The zero-order chi connectivity index (χ0) is 14.7. The lowest BCUT2D eigenvalue weighted by atomic mass is 10.2. The number of nitrogens with zero attached hydrogens (tertiary/aromatic N) is 2. The van der Waals surface area contributed by atoms with Crippen LogP contribution < -0.4 is 10.1 Å². The minimum atomic E-state index is 0.237. The van der Waals surface area contributed by atoms with Crippen LogP contribution in [0, 0.1) is 0 Å². The number of likely N-dealkylation sites (N-methyl/N-ethyl adjacent to an activating group) is 2. The Kier molecular flexibility index (Phi) is 4.66. The summed E-state index contributed by atoms with van der Waals surface area (Å²) in [6.07, 6.45) is 2.92. The summed E-state index contributed by atoms with van der Waals surface area (Å²) in [4.78, 5) is 5.03. The first-order valence-corrected chi connectivity index (χ1v) is 8.18. The zero-order valence-corrected chi connectivity index (χ0v) is 13.2. The van der Waals surface area contributed by atoms with Gasteiger partial charge in [-0.2, -0.15) is 0 Å². The van der Waals surface area contributed by atoms with Crippen molar-refractivity contribution in [2.45, 2.75) is 31.9 Å². The molecular formula is C17H27N3O. The van der Waals surface area contributed by atoms with Crippen molar-refractivity contribution in [3.05, 3.63) is 24.3 Å². The molecule has 0 aromatic heterocycles. The highest BCUT2D eigenvalue weighted by Gasteiger charge is 2.26. The Bertz CT molecular complexity index is 465. The standard InChI is InChI=1S/C17H27N3O/c1-3-20-10-6-7-14(20)12-19(2)13-15-11-18-16-8-4-5-9-17(16)21-15/h4-5,8-9,14-15,18H,3,6-7,10-13H2,1-2H3. The van der Waals surface area contributed by atoms with Crippen molar-refractivity contribution in [3.8, 4) is 5.75 Å². The molecule has 2 heterocycles. The van der Waals surface area contributed by atoms with Gasteiger partial charge in [0.05, 0.1) is 12.2 Å². The summed E-state index contributed by atoms with van der Waals surface area (Å²) >= 11 is 0. The van der Waals surface area contributed by atoms with E-state index in [0.29, 0.717) is 0 Å². The quantitative estimate of drug-likeness (QED) is 0.900. The lowest BCUT2D eigenvalue weighted by molar-refractivity contribution is 0.129. The summed E-state index contributed by atoms with van der Waals surface area (Å²) in [5.74, 6) is 0.984. The third-order valence-electron chi connectivity index (χ3n) is 4.64. The van der Waals surface area contributed by atoms with Gasteiger partial charge in [-0.25, -0.2) is 0 Å². The highest BCUT2D eigenvalue weighted by atomic mass is 16.5. The average molecular weight is 289 g/mol. The lowest BCUT2D eigenvalue weighted by Crippen LogP contribution is -2.45. The average Bonchev–Trinajstić information content (AvgIpc) is 2.94. The van der Waals surface area contributed by atoms with E-state index in [4.69, 9.17) is 4.74 Å². The number of nitrogens with one attached hydrogen (secondary N) is 1. The van der Waals surface area contributed by atoms with Crippen LogP contribution in [-0.4, -0.2) is 61.7 Å². The molecular weight excluding hydrogens is 262 g/mol. The molecule has 1 aromatic carbocycles. The van der Waals surface area contributed by atoms with E-state index in [9.17, 15) is 0 Å². The molecule has 4 heteroatoms. The van der Waals surface area contributed by atoms with Crippen LogP contribution in [0.5, 0.6) is 5.75 Å². The number of ether oxygens (including phenoxy) is 1. The molecule has 2 aliphatic heterocycles. The second-order valence-electron chi connectivity index (χ2n) is 6.26. The molecule has 0 saturated carbocycles. The van der Waals surface area contributed by atoms with Crippen LogP contribution in [0.25, 0.3) is 0 Å². The number of hydrogen-bond acceptors (Lipinski definition) is 4. The number of hydrogen-bond donors (Lipinski definition) is 1. The number of anilines is 1. The fourth-order valence-electron chi connectivity index (χ4n) is 3.56. The highest BCUT2D eigenvalue weighted by molar-refractivity contribution is 5.57. The van der Waals surface area contributed by atoms with E-state index < -0.39 is 0 Å². The van der Waals surface area contributed by atoms with E-state index in [0.717, 1.165) is 37.1 Å². The van der Waals surface area contributed by atoms with Gasteiger partial charge in [-0.3, -0.25) is 4.90 Å². The fourth-order valence-corrected chi connectivity index (χ4v) is 3.56. The van der Waals surface area contributed by atoms with Crippen molar-refractivity contribution >= 4 is 5.69 Å². The monoisotopic (exact) mass is 289 g/mol. The lowest BCUT2D eigenvalue weighted by Gasteiger charge is -2.33. The van der Waals surface area contributed by atoms with Gasteiger partial charge in [0.1, 0.15) is 11.9 Å². The van der Waals surface area contributed by atoms with Crippen LogP contribution in [0.4, 0.5) is 5.69 Å². The van der Waals surface area contributed by atoms with Crippen molar-refractivity contribution in [1.29, 1.82) is 0 Å². The maximum atomic E-state index is 6.10. The highest BCUT2D eigenvalue weighted by Crippen LogP contribution is 2.28. The first-order chi connectivity index (χ1) is 10.3. The first-order valence-electron chi connectivity index (χ1n) is 8.18. The second kappa shape index (κ2) is 6.67. The summed E-state index contributed by atoms with van der Waals surface area (Å²) in [6, 6.07) is 8.92. The number of benzene rings is 1. The summed E-state index contributed by atoms with van der Waals surface area (Å²) < 4.78 is 6.10. The number of para-hydroxylation sites is 2. The Hall–Kier alpha value is -1.26. The van der Waals surface area contributed by atoms with Crippen molar-refractivity contribution in [2.75, 3.05) is 45.1 Å². The SMILES string of the molecule is CCN1CCCC1CN(C)CC1CNc2ccccc2O1. The molecule has 2 atom stereocenters. The second-order valence-corrected chi connectivity index (χ2v) is 6.26. The molecule has 0 aliphatic carbocycles. The Morgan fingerprint density at radius 1 is 1.33 bits per heavy atom. The molecule has 1 aromatic rings. The summed E-state index contributed by atoms with van der Waals surface area (Å²) in [5.41, 5.74) is 1.12. The Balaban J connectivity index is 1.51. The van der Waals surface area contributed by atoms with E-state index >= 15 is 0 Å².